The van der Waals surface area contributed by atoms with Crippen molar-refractivity contribution in [2.24, 2.45) is 0 Å². The maximum absolute atomic E-state index is 3.24. The number of rotatable bonds is 3. The number of hydrogen-bond acceptors (Lipinski definition) is 0. The first-order chi connectivity index (χ1) is 7.36. The Kier molecular flexibility index (Phi) is 3.60. The molecule has 0 N–H and O–H groups in total. The molecule has 0 aromatic heterocycles. The topological polar surface area (TPSA) is 0 Å². The normalized spacial score (nSPS) is 12.3. The van der Waals surface area contributed by atoms with Gasteiger partial charge in [0.2, 0.25) is 0 Å². The van der Waals surface area contributed by atoms with Crippen LogP contribution < -0.4 is 0 Å². The Labute approximate surface area is 99.2 Å². The van der Waals surface area contributed by atoms with Crippen molar-refractivity contribution in [2.45, 2.75) is 11.2 Å². The van der Waals surface area contributed by atoms with Gasteiger partial charge in [0.15, 0.2) is 0 Å². The summed E-state index contributed by atoms with van der Waals surface area (Å²) in [6.07, 6.45) is 1.06. The zero-order chi connectivity index (χ0) is 10.5. The van der Waals surface area contributed by atoms with E-state index in [9.17, 15) is 0 Å². The standard InChI is InChI=1S/C14H13Se/c15-14(13-9-5-2-6-10-13)11-12-7-3-1-4-8-12/h1-10,14H,11H2. The zero-order valence-electron chi connectivity index (χ0n) is 8.47. The molecule has 0 aliphatic carbocycles. The molecule has 0 amide bonds. The Hall–Kier alpha value is -1.04. The molecule has 0 heterocycles. The molecule has 1 heteroatoms. The van der Waals surface area contributed by atoms with Gasteiger partial charge in [0.1, 0.15) is 0 Å². The molecule has 0 nitrogen and oxygen atoms in total. The summed E-state index contributed by atoms with van der Waals surface area (Å²) in [5, 5.41) is 0. The monoisotopic (exact) mass is 261 g/mol. The molecule has 0 aliphatic rings. The molecular weight excluding hydrogens is 247 g/mol. The van der Waals surface area contributed by atoms with Gasteiger partial charge in [-0.2, -0.15) is 0 Å². The molecule has 0 aliphatic heterocycles. The molecule has 0 spiro atoms. The molecule has 2 aromatic rings. The summed E-state index contributed by atoms with van der Waals surface area (Å²) >= 11 is 3.24. The Bertz CT molecular complexity index is 394. The van der Waals surface area contributed by atoms with Gasteiger partial charge in [0.05, 0.1) is 0 Å². The first-order valence-corrected chi connectivity index (χ1v) is 6.10. The molecule has 1 radical (unpaired) electrons. The van der Waals surface area contributed by atoms with E-state index in [1.807, 2.05) is 0 Å². The van der Waals surface area contributed by atoms with Crippen LogP contribution in [0.5, 0.6) is 0 Å². The van der Waals surface area contributed by atoms with Crippen LogP contribution in [0.4, 0.5) is 0 Å². The third kappa shape index (κ3) is 2.95. The van der Waals surface area contributed by atoms with Crippen LogP contribution in [-0.4, -0.2) is 16.0 Å². The fourth-order valence-corrected chi connectivity index (χ4v) is 2.35. The van der Waals surface area contributed by atoms with Crippen molar-refractivity contribution in [3.63, 3.8) is 0 Å². The van der Waals surface area contributed by atoms with Crippen molar-refractivity contribution in [3.05, 3.63) is 71.8 Å². The predicted octanol–water partition coefficient (Wildman–Crippen LogP) is 3.14. The minimum atomic E-state index is 0.466. The molecule has 15 heavy (non-hydrogen) atoms. The van der Waals surface area contributed by atoms with Crippen LogP contribution in [0.3, 0.4) is 0 Å². The van der Waals surface area contributed by atoms with Crippen LogP contribution in [0.25, 0.3) is 0 Å². The van der Waals surface area contributed by atoms with E-state index < -0.39 is 0 Å². The SMILES string of the molecule is [Se]C(Cc1ccccc1)c1ccccc1. The van der Waals surface area contributed by atoms with Gasteiger partial charge in [-0.05, 0) is 0 Å². The van der Waals surface area contributed by atoms with Gasteiger partial charge in [-0.3, -0.25) is 0 Å². The van der Waals surface area contributed by atoms with E-state index in [2.05, 4.69) is 76.7 Å². The summed E-state index contributed by atoms with van der Waals surface area (Å²) in [5.74, 6) is 0. The molecule has 0 saturated heterocycles. The summed E-state index contributed by atoms with van der Waals surface area (Å²) in [6, 6.07) is 21.2. The van der Waals surface area contributed by atoms with E-state index in [4.69, 9.17) is 0 Å². The van der Waals surface area contributed by atoms with E-state index in [0.29, 0.717) is 4.82 Å². The first kappa shape index (κ1) is 10.5. The first-order valence-electron chi connectivity index (χ1n) is 5.11. The van der Waals surface area contributed by atoms with Gasteiger partial charge >= 0.3 is 99.0 Å². The van der Waals surface area contributed by atoms with Gasteiger partial charge in [-0.1, -0.05) is 0 Å². The van der Waals surface area contributed by atoms with Gasteiger partial charge in [0.25, 0.3) is 0 Å². The van der Waals surface area contributed by atoms with Gasteiger partial charge in [-0.25, -0.2) is 0 Å². The Morgan fingerprint density at radius 3 is 1.93 bits per heavy atom. The fraction of sp³-hybridized carbons (Fsp3) is 0.143. The van der Waals surface area contributed by atoms with Crippen LogP contribution in [0.2, 0.25) is 0 Å². The molecule has 1 atom stereocenters. The Morgan fingerprint density at radius 1 is 0.800 bits per heavy atom. The fourth-order valence-electron chi connectivity index (χ4n) is 1.61. The summed E-state index contributed by atoms with van der Waals surface area (Å²) in [5.41, 5.74) is 2.74. The quantitative estimate of drug-likeness (QED) is 0.744. The summed E-state index contributed by atoms with van der Waals surface area (Å²) in [7, 11) is 0. The maximum atomic E-state index is 3.24. The number of benzene rings is 2. The van der Waals surface area contributed by atoms with Crippen molar-refractivity contribution in [1.29, 1.82) is 0 Å². The Morgan fingerprint density at radius 2 is 1.33 bits per heavy atom. The minimum absolute atomic E-state index is 0.466. The van der Waals surface area contributed by atoms with Crippen LogP contribution in [0.1, 0.15) is 15.9 Å². The van der Waals surface area contributed by atoms with Crippen molar-refractivity contribution in [3.8, 4) is 0 Å². The summed E-state index contributed by atoms with van der Waals surface area (Å²) in [4.78, 5) is 0.466. The van der Waals surface area contributed by atoms with Crippen LogP contribution in [0.15, 0.2) is 60.7 Å². The zero-order valence-corrected chi connectivity index (χ0v) is 10.2. The van der Waals surface area contributed by atoms with Crippen molar-refractivity contribution >= 4 is 16.0 Å². The van der Waals surface area contributed by atoms with Gasteiger partial charge < -0.3 is 0 Å². The second kappa shape index (κ2) is 5.16. The van der Waals surface area contributed by atoms with Gasteiger partial charge in [0, 0.05) is 0 Å². The van der Waals surface area contributed by atoms with E-state index in [-0.39, 0.29) is 0 Å². The van der Waals surface area contributed by atoms with E-state index >= 15 is 0 Å². The molecule has 2 rings (SSSR count). The van der Waals surface area contributed by atoms with Crippen LogP contribution >= 0.6 is 0 Å². The van der Waals surface area contributed by atoms with Crippen molar-refractivity contribution < 1.29 is 0 Å². The molecule has 1 unspecified atom stereocenters. The molecular formula is C14H13Se. The van der Waals surface area contributed by atoms with E-state index in [1.54, 1.807) is 0 Å². The average Bonchev–Trinajstić information content (AvgIpc) is 2.31. The van der Waals surface area contributed by atoms with Crippen molar-refractivity contribution in [1.82, 2.24) is 0 Å². The van der Waals surface area contributed by atoms with Gasteiger partial charge in [-0.15, -0.1) is 0 Å². The third-order valence-electron chi connectivity index (χ3n) is 2.44. The van der Waals surface area contributed by atoms with Crippen LogP contribution in [0, 0.1) is 0 Å². The second-order valence-corrected chi connectivity index (χ2v) is 4.78. The molecule has 75 valence electrons. The van der Waals surface area contributed by atoms with E-state index in [1.165, 1.54) is 11.1 Å². The van der Waals surface area contributed by atoms with Crippen LogP contribution in [-0.2, 0) is 6.42 Å². The summed E-state index contributed by atoms with van der Waals surface area (Å²) in [6.45, 7) is 0. The van der Waals surface area contributed by atoms with Crippen molar-refractivity contribution in [2.75, 3.05) is 0 Å². The molecule has 2 aromatic carbocycles. The molecule has 0 bridgehead atoms. The predicted molar refractivity (Wildman–Crippen MR) is 65.1 cm³/mol. The molecule has 0 fully saturated rings. The average molecular weight is 260 g/mol. The third-order valence-corrected chi connectivity index (χ3v) is 3.36. The number of hydrogen-bond donors (Lipinski definition) is 0. The summed E-state index contributed by atoms with van der Waals surface area (Å²) < 4.78 is 0. The molecule has 0 saturated carbocycles. The second-order valence-electron chi connectivity index (χ2n) is 3.59. The Balaban J connectivity index is 2.08. The van der Waals surface area contributed by atoms with E-state index in [0.717, 1.165) is 6.42 Å².